The zero-order chi connectivity index (χ0) is 21.8. The maximum atomic E-state index is 12.2. The van der Waals surface area contributed by atoms with Crippen molar-refractivity contribution in [3.05, 3.63) is 35.9 Å². The van der Waals surface area contributed by atoms with Crippen LogP contribution in [-0.4, -0.2) is 64.8 Å². The molecule has 0 fully saturated rings. The first-order chi connectivity index (χ1) is 13.6. The number of sulfone groups is 1. The monoisotopic (exact) mass is 431 g/mol. The molecule has 0 aliphatic carbocycles. The third-order valence-corrected chi connectivity index (χ3v) is 5.76. The minimum absolute atomic E-state index is 0.0560. The average Bonchev–Trinajstić information content (AvgIpc) is 2.68. The summed E-state index contributed by atoms with van der Waals surface area (Å²) in [5.74, 6) is -0.138. The maximum Gasteiger partial charge on any atom is 0.407 e. The summed E-state index contributed by atoms with van der Waals surface area (Å²) < 4.78 is 45.0. The Balaban J connectivity index is 2.25. The molecular weight excluding hydrogens is 398 g/mol. The van der Waals surface area contributed by atoms with Gasteiger partial charge >= 0.3 is 6.09 Å². The second-order valence-electron chi connectivity index (χ2n) is 7.26. The van der Waals surface area contributed by atoms with E-state index in [-0.39, 0.29) is 37.4 Å². The molecule has 0 bridgehead atoms. The number of rotatable bonds is 14. The van der Waals surface area contributed by atoms with Crippen LogP contribution in [0.1, 0.15) is 32.8 Å². The van der Waals surface area contributed by atoms with Gasteiger partial charge in [0.2, 0.25) is 0 Å². The highest BCUT2D eigenvalue weighted by Crippen LogP contribution is 2.12. The quantitative estimate of drug-likeness (QED) is 0.357. The Kier molecular flexibility index (Phi) is 11.2. The zero-order valence-corrected chi connectivity index (χ0v) is 18.5. The molecular formula is C20H33NO7S. The van der Waals surface area contributed by atoms with Gasteiger partial charge in [0.05, 0.1) is 31.3 Å². The third kappa shape index (κ3) is 12.5. The van der Waals surface area contributed by atoms with Crippen molar-refractivity contribution in [2.45, 2.75) is 45.6 Å². The van der Waals surface area contributed by atoms with E-state index in [4.69, 9.17) is 18.9 Å². The molecule has 1 rings (SSSR count). The highest BCUT2D eigenvalue weighted by molar-refractivity contribution is 7.91. The van der Waals surface area contributed by atoms with Crippen molar-refractivity contribution in [2.75, 3.05) is 38.4 Å². The zero-order valence-electron chi connectivity index (χ0n) is 17.7. The molecule has 0 spiro atoms. The summed E-state index contributed by atoms with van der Waals surface area (Å²) in [6.45, 7) is 6.16. The number of hydrogen-bond donors (Lipinski definition) is 1. The van der Waals surface area contributed by atoms with Gasteiger partial charge in [0.25, 0.3) is 0 Å². The summed E-state index contributed by atoms with van der Waals surface area (Å²) in [7, 11) is -1.76. The predicted molar refractivity (Wildman–Crippen MR) is 110 cm³/mol. The van der Waals surface area contributed by atoms with E-state index < -0.39 is 21.5 Å². The number of hydrogen-bond acceptors (Lipinski definition) is 7. The Hall–Kier alpha value is -1.68. The van der Waals surface area contributed by atoms with Crippen LogP contribution in [-0.2, 0) is 35.4 Å². The van der Waals surface area contributed by atoms with E-state index in [0.29, 0.717) is 13.2 Å². The van der Waals surface area contributed by atoms with Crippen LogP contribution in [0.2, 0.25) is 0 Å². The molecule has 1 amide bonds. The van der Waals surface area contributed by atoms with E-state index in [9.17, 15) is 13.2 Å². The van der Waals surface area contributed by atoms with Crippen LogP contribution in [0.4, 0.5) is 4.79 Å². The van der Waals surface area contributed by atoms with Gasteiger partial charge in [-0.25, -0.2) is 13.2 Å². The van der Waals surface area contributed by atoms with Crippen LogP contribution in [0.3, 0.4) is 0 Å². The third-order valence-electron chi connectivity index (χ3n) is 4.14. The van der Waals surface area contributed by atoms with E-state index in [1.807, 2.05) is 30.3 Å². The number of nitrogens with one attached hydrogen (secondary N) is 1. The lowest BCUT2D eigenvalue weighted by Gasteiger charge is -2.25. The number of benzene rings is 1. The Labute approximate surface area is 173 Å². The van der Waals surface area contributed by atoms with Crippen molar-refractivity contribution in [1.29, 1.82) is 0 Å². The van der Waals surface area contributed by atoms with Gasteiger partial charge in [-0.05, 0) is 32.8 Å². The van der Waals surface area contributed by atoms with Gasteiger partial charge in [-0.2, -0.15) is 0 Å². The summed E-state index contributed by atoms with van der Waals surface area (Å²) in [6.07, 6.45) is -0.633. The topological polar surface area (TPSA) is 100 Å². The molecule has 0 saturated heterocycles. The minimum Gasteiger partial charge on any atom is -0.445 e. The Bertz CT molecular complexity index is 692. The first-order valence-corrected chi connectivity index (χ1v) is 11.4. The number of amides is 1. The first-order valence-electron chi connectivity index (χ1n) is 9.55. The number of carbonyl (C=O) groups excluding carboxylic acids is 1. The van der Waals surface area contributed by atoms with Gasteiger partial charge in [0.15, 0.2) is 16.1 Å². The van der Waals surface area contributed by atoms with Crippen LogP contribution < -0.4 is 5.32 Å². The molecule has 0 aliphatic heterocycles. The van der Waals surface area contributed by atoms with E-state index in [2.05, 4.69) is 5.32 Å². The minimum atomic E-state index is -3.30. The van der Waals surface area contributed by atoms with E-state index in [1.165, 1.54) is 7.11 Å². The van der Waals surface area contributed by atoms with Crippen LogP contribution >= 0.6 is 0 Å². The molecule has 0 aromatic heterocycles. The Morgan fingerprint density at radius 2 is 1.79 bits per heavy atom. The molecule has 1 unspecified atom stereocenters. The van der Waals surface area contributed by atoms with Crippen molar-refractivity contribution in [2.24, 2.45) is 0 Å². The fourth-order valence-corrected chi connectivity index (χ4v) is 3.64. The fourth-order valence-electron chi connectivity index (χ4n) is 2.24. The molecule has 0 heterocycles. The Morgan fingerprint density at radius 1 is 1.10 bits per heavy atom. The lowest BCUT2D eigenvalue weighted by atomic mass is 10.0. The molecule has 8 nitrogen and oxygen atoms in total. The molecule has 0 aliphatic rings. The summed E-state index contributed by atoms with van der Waals surface area (Å²) >= 11 is 0. The molecule has 0 radical (unpaired) electrons. The van der Waals surface area contributed by atoms with Crippen molar-refractivity contribution in [3.63, 3.8) is 0 Å². The number of ether oxygens (including phenoxy) is 4. The molecule has 166 valence electrons. The summed E-state index contributed by atoms with van der Waals surface area (Å²) in [5, 5.41) is 2.71. The predicted octanol–water partition coefficient (Wildman–Crippen LogP) is 2.52. The lowest BCUT2D eigenvalue weighted by Crippen LogP contribution is -2.45. The van der Waals surface area contributed by atoms with E-state index in [1.54, 1.807) is 20.8 Å². The number of alkyl carbamates (subject to hydrolysis) is 1. The van der Waals surface area contributed by atoms with Gasteiger partial charge in [0, 0.05) is 12.6 Å². The van der Waals surface area contributed by atoms with Crippen molar-refractivity contribution < 1.29 is 32.2 Å². The molecule has 1 aromatic carbocycles. The van der Waals surface area contributed by atoms with Gasteiger partial charge in [-0.15, -0.1) is 0 Å². The van der Waals surface area contributed by atoms with Gasteiger partial charge < -0.3 is 24.3 Å². The molecule has 9 heteroatoms. The second kappa shape index (κ2) is 12.8. The highest BCUT2D eigenvalue weighted by Gasteiger charge is 2.24. The fraction of sp³-hybridized carbons (Fsp3) is 0.650. The number of carbonyl (C=O) groups is 1. The maximum absolute atomic E-state index is 12.2. The largest absolute Gasteiger partial charge is 0.445 e. The van der Waals surface area contributed by atoms with E-state index in [0.717, 1.165) is 5.56 Å². The normalized spacial score (nSPS) is 13.1. The smallest absolute Gasteiger partial charge is 0.407 e. The summed E-state index contributed by atoms with van der Waals surface area (Å²) in [5.41, 5.74) is 0.163. The molecule has 1 aromatic rings. The number of methoxy groups -OCH3 is 1. The second-order valence-corrected chi connectivity index (χ2v) is 9.56. The lowest BCUT2D eigenvalue weighted by molar-refractivity contribution is -0.121. The van der Waals surface area contributed by atoms with Gasteiger partial charge in [-0.3, -0.25) is 0 Å². The molecule has 1 atom stereocenters. The average molecular weight is 432 g/mol. The highest BCUT2D eigenvalue weighted by atomic mass is 32.2. The summed E-state index contributed by atoms with van der Waals surface area (Å²) in [4.78, 5) is 12.0. The molecule has 29 heavy (non-hydrogen) atoms. The van der Waals surface area contributed by atoms with Gasteiger partial charge in [-0.1, -0.05) is 30.3 Å². The van der Waals surface area contributed by atoms with Crippen molar-refractivity contribution in [1.82, 2.24) is 5.32 Å². The van der Waals surface area contributed by atoms with Crippen LogP contribution in [0.25, 0.3) is 0 Å². The van der Waals surface area contributed by atoms with Crippen LogP contribution in [0.15, 0.2) is 30.3 Å². The molecule has 1 N–H and O–H groups in total. The first kappa shape index (κ1) is 25.4. The molecule has 0 saturated carbocycles. The van der Waals surface area contributed by atoms with Crippen LogP contribution in [0, 0.1) is 0 Å². The standard InChI is InChI=1S/C20H33NO7S/c1-17(25-4)27-12-11-26-13-15-29(23,24)14-10-20(2,3)21-19(22)28-16-18-8-6-5-7-9-18/h5-9,17H,10-16H2,1-4H3,(H,21,22). The SMILES string of the molecule is COC(C)OCCOCCS(=O)(=O)CCC(C)(C)NC(=O)OCc1ccccc1. The Morgan fingerprint density at radius 3 is 2.45 bits per heavy atom. The van der Waals surface area contributed by atoms with Crippen molar-refractivity contribution in [3.8, 4) is 0 Å². The summed E-state index contributed by atoms with van der Waals surface area (Å²) in [6, 6.07) is 9.33. The van der Waals surface area contributed by atoms with Gasteiger partial charge in [0.1, 0.15) is 6.61 Å². The van der Waals surface area contributed by atoms with Crippen LogP contribution in [0.5, 0.6) is 0 Å². The van der Waals surface area contributed by atoms with E-state index >= 15 is 0 Å². The van der Waals surface area contributed by atoms with Crippen molar-refractivity contribution >= 4 is 15.9 Å².